The number of rotatable bonds is 4. The first-order valence-electron chi connectivity index (χ1n) is 7.50. The molecular formula is C17H27N3. The molecule has 0 amide bonds. The molecular weight excluding hydrogens is 246 g/mol. The molecule has 1 aromatic heterocycles. The van der Waals surface area contributed by atoms with E-state index in [-0.39, 0.29) is 5.41 Å². The summed E-state index contributed by atoms with van der Waals surface area (Å²) in [6.07, 6.45) is 1.06. The summed E-state index contributed by atoms with van der Waals surface area (Å²) < 4.78 is 2.35. The van der Waals surface area contributed by atoms with Gasteiger partial charge in [0.25, 0.3) is 0 Å². The van der Waals surface area contributed by atoms with Crippen LogP contribution in [0.2, 0.25) is 0 Å². The van der Waals surface area contributed by atoms with Crippen molar-refractivity contribution in [1.82, 2.24) is 9.55 Å². The van der Waals surface area contributed by atoms with Crippen LogP contribution in [0.5, 0.6) is 0 Å². The Kier molecular flexibility index (Phi) is 4.19. The predicted octanol–water partition coefficient (Wildman–Crippen LogP) is 4.10. The van der Waals surface area contributed by atoms with Crippen molar-refractivity contribution in [3.63, 3.8) is 0 Å². The maximum Gasteiger partial charge on any atom is 0.114 e. The van der Waals surface area contributed by atoms with E-state index in [9.17, 15) is 0 Å². The lowest BCUT2D eigenvalue weighted by molar-refractivity contribution is 0.329. The van der Waals surface area contributed by atoms with Gasteiger partial charge in [0.15, 0.2) is 0 Å². The Bertz CT molecular complexity index is 575. The van der Waals surface area contributed by atoms with Crippen LogP contribution in [0.25, 0.3) is 11.0 Å². The molecule has 1 aromatic carbocycles. The Balaban J connectivity index is 2.54. The number of benzene rings is 1. The molecule has 20 heavy (non-hydrogen) atoms. The zero-order chi connectivity index (χ0) is 14.9. The van der Waals surface area contributed by atoms with Crippen LogP contribution in [-0.2, 0) is 0 Å². The number of hydrogen-bond donors (Lipinski definition) is 1. The van der Waals surface area contributed by atoms with Gasteiger partial charge in [0.1, 0.15) is 5.82 Å². The van der Waals surface area contributed by atoms with Crippen molar-refractivity contribution < 1.29 is 0 Å². The van der Waals surface area contributed by atoms with Crippen LogP contribution in [0.1, 0.15) is 58.8 Å². The van der Waals surface area contributed by atoms with Crippen LogP contribution < -0.4 is 5.73 Å². The number of nitrogens with two attached hydrogens (primary N) is 1. The van der Waals surface area contributed by atoms with Crippen LogP contribution in [-0.4, -0.2) is 16.1 Å². The van der Waals surface area contributed by atoms with Gasteiger partial charge in [-0.15, -0.1) is 0 Å². The number of fused-ring (bicyclic) bond motifs is 1. The molecule has 0 aliphatic carbocycles. The molecule has 2 aromatic rings. The molecule has 3 heteroatoms. The van der Waals surface area contributed by atoms with Gasteiger partial charge in [-0.25, -0.2) is 4.98 Å². The molecule has 3 nitrogen and oxygen atoms in total. The fraction of sp³-hybridized carbons (Fsp3) is 0.588. The summed E-state index contributed by atoms with van der Waals surface area (Å²) >= 11 is 0. The molecule has 2 N–H and O–H groups in total. The molecule has 0 bridgehead atoms. The minimum Gasteiger partial charge on any atom is -0.330 e. The fourth-order valence-electron chi connectivity index (χ4n) is 2.91. The molecule has 0 radical (unpaired) electrons. The van der Waals surface area contributed by atoms with E-state index in [0.717, 1.165) is 17.8 Å². The van der Waals surface area contributed by atoms with E-state index >= 15 is 0 Å². The van der Waals surface area contributed by atoms with Gasteiger partial charge < -0.3 is 10.3 Å². The lowest BCUT2D eigenvalue weighted by atomic mass is 9.84. The van der Waals surface area contributed by atoms with E-state index in [0.29, 0.717) is 18.5 Å². The van der Waals surface area contributed by atoms with E-state index in [4.69, 9.17) is 10.7 Å². The highest BCUT2D eigenvalue weighted by Crippen LogP contribution is 2.33. The number of imidazole rings is 1. The van der Waals surface area contributed by atoms with Crippen LogP contribution in [0.4, 0.5) is 0 Å². The van der Waals surface area contributed by atoms with Gasteiger partial charge >= 0.3 is 0 Å². The summed E-state index contributed by atoms with van der Waals surface area (Å²) in [7, 11) is 0. The summed E-state index contributed by atoms with van der Waals surface area (Å²) in [6.45, 7) is 11.9. The summed E-state index contributed by atoms with van der Waals surface area (Å²) in [6, 6.07) is 8.75. The number of nitrogens with zero attached hydrogens (tertiary/aromatic N) is 2. The van der Waals surface area contributed by atoms with Gasteiger partial charge in [-0.2, -0.15) is 0 Å². The number of para-hydroxylation sites is 2. The van der Waals surface area contributed by atoms with Gasteiger partial charge in [-0.3, -0.25) is 0 Å². The van der Waals surface area contributed by atoms with Gasteiger partial charge in [-0.05, 0) is 37.8 Å². The zero-order valence-corrected chi connectivity index (χ0v) is 13.4. The molecule has 1 unspecified atom stereocenters. The van der Waals surface area contributed by atoms with E-state index in [1.54, 1.807) is 0 Å². The van der Waals surface area contributed by atoms with Crippen molar-refractivity contribution in [1.29, 1.82) is 0 Å². The van der Waals surface area contributed by atoms with E-state index < -0.39 is 0 Å². The monoisotopic (exact) mass is 273 g/mol. The molecule has 0 aliphatic heterocycles. The lowest BCUT2D eigenvalue weighted by Crippen LogP contribution is -2.23. The highest BCUT2D eigenvalue weighted by molar-refractivity contribution is 5.76. The average molecular weight is 273 g/mol. The second-order valence-electron chi connectivity index (χ2n) is 7.12. The van der Waals surface area contributed by atoms with Crippen LogP contribution in [0.3, 0.4) is 0 Å². The van der Waals surface area contributed by atoms with Gasteiger partial charge in [0.05, 0.1) is 11.0 Å². The molecule has 0 saturated carbocycles. The maximum absolute atomic E-state index is 6.05. The van der Waals surface area contributed by atoms with Crippen LogP contribution in [0, 0.1) is 5.41 Å². The van der Waals surface area contributed by atoms with E-state index in [1.165, 1.54) is 5.52 Å². The highest BCUT2D eigenvalue weighted by Gasteiger charge is 2.25. The third kappa shape index (κ3) is 3.04. The van der Waals surface area contributed by atoms with Crippen molar-refractivity contribution in [3.8, 4) is 0 Å². The third-order valence-corrected chi connectivity index (χ3v) is 3.65. The normalized spacial score (nSPS) is 14.2. The Morgan fingerprint density at radius 3 is 2.40 bits per heavy atom. The second kappa shape index (κ2) is 5.57. The van der Waals surface area contributed by atoms with Crippen molar-refractivity contribution in [3.05, 3.63) is 30.1 Å². The Morgan fingerprint density at radius 1 is 1.20 bits per heavy atom. The Hall–Kier alpha value is -1.35. The topological polar surface area (TPSA) is 43.8 Å². The van der Waals surface area contributed by atoms with Gasteiger partial charge in [0, 0.05) is 18.5 Å². The maximum atomic E-state index is 6.05. The van der Waals surface area contributed by atoms with Gasteiger partial charge in [-0.1, -0.05) is 32.9 Å². The minimum absolute atomic E-state index is 0.254. The SMILES string of the molecule is CC(C)n1c(C(CN)CC(C)(C)C)nc2ccccc21. The number of hydrogen-bond acceptors (Lipinski definition) is 2. The molecule has 0 saturated heterocycles. The summed E-state index contributed by atoms with van der Waals surface area (Å²) in [5, 5.41) is 0. The molecule has 0 fully saturated rings. The first-order chi connectivity index (χ1) is 9.33. The molecule has 1 heterocycles. The van der Waals surface area contributed by atoms with Crippen LogP contribution >= 0.6 is 0 Å². The largest absolute Gasteiger partial charge is 0.330 e. The second-order valence-corrected chi connectivity index (χ2v) is 7.12. The van der Waals surface area contributed by atoms with Crippen molar-refractivity contribution in [2.24, 2.45) is 11.1 Å². The number of aromatic nitrogens is 2. The molecule has 110 valence electrons. The van der Waals surface area contributed by atoms with Crippen molar-refractivity contribution in [2.45, 2.75) is 53.0 Å². The molecule has 0 spiro atoms. The fourth-order valence-corrected chi connectivity index (χ4v) is 2.91. The smallest absolute Gasteiger partial charge is 0.114 e. The molecule has 0 aliphatic rings. The van der Waals surface area contributed by atoms with Crippen molar-refractivity contribution in [2.75, 3.05) is 6.54 Å². The zero-order valence-electron chi connectivity index (χ0n) is 13.4. The molecule has 1 atom stereocenters. The highest BCUT2D eigenvalue weighted by atomic mass is 15.1. The van der Waals surface area contributed by atoms with Crippen molar-refractivity contribution >= 4 is 11.0 Å². The first-order valence-corrected chi connectivity index (χ1v) is 7.50. The Labute approximate surface area is 122 Å². The minimum atomic E-state index is 0.254. The average Bonchev–Trinajstić information content (AvgIpc) is 2.73. The lowest BCUT2D eigenvalue weighted by Gasteiger charge is -2.26. The summed E-state index contributed by atoms with van der Waals surface area (Å²) in [4.78, 5) is 4.87. The predicted molar refractivity (Wildman–Crippen MR) is 86.0 cm³/mol. The standard InChI is InChI=1S/C17H27N3/c1-12(2)20-15-9-7-6-8-14(15)19-16(20)13(11-18)10-17(3,4)5/h6-9,12-13H,10-11,18H2,1-5H3. The quantitative estimate of drug-likeness (QED) is 0.911. The van der Waals surface area contributed by atoms with E-state index in [1.807, 2.05) is 6.07 Å². The van der Waals surface area contributed by atoms with E-state index in [2.05, 4.69) is 57.4 Å². The Morgan fingerprint density at radius 2 is 1.85 bits per heavy atom. The summed E-state index contributed by atoms with van der Waals surface area (Å²) in [5.74, 6) is 1.45. The third-order valence-electron chi connectivity index (χ3n) is 3.65. The van der Waals surface area contributed by atoms with Crippen LogP contribution in [0.15, 0.2) is 24.3 Å². The van der Waals surface area contributed by atoms with Gasteiger partial charge in [0.2, 0.25) is 0 Å². The summed E-state index contributed by atoms with van der Waals surface area (Å²) in [5.41, 5.74) is 8.59. The molecule has 2 rings (SSSR count). The first kappa shape index (κ1) is 15.0.